The maximum absolute atomic E-state index is 13.7. The number of furan rings is 1. The molecular formula is C26H31FN2O3. The molecule has 0 spiro atoms. The van der Waals surface area contributed by atoms with Gasteiger partial charge in [-0.15, -0.1) is 0 Å². The Morgan fingerprint density at radius 3 is 2.47 bits per heavy atom. The minimum atomic E-state index is -0.259. The minimum Gasteiger partial charge on any atom is -0.494 e. The van der Waals surface area contributed by atoms with Gasteiger partial charge in [0.25, 0.3) is 5.91 Å². The smallest absolute Gasteiger partial charge is 0.287 e. The molecule has 2 aromatic carbocycles. The number of hydrogen-bond acceptors (Lipinski definition) is 4. The fraction of sp³-hybridized carbons (Fsp3) is 0.346. The van der Waals surface area contributed by atoms with Crippen LogP contribution in [0.3, 0.4) is 0 Å². The van der Waals surface area contributed by atoms with E-state index in [-0.39, 0.29) is 17.8 Å². The van der Waals surface area contributed by atoms with Crippen molar-refractivity contribution in [1.82, 2.24) is 10.2 Å². The van der Waals surface area contributed by atoms with E-state index in [1.807, 2.05) is 57.2 Å². The third kappa shape index (κ3) is 6.95. The largest absolute Gasteiger partial charge is 0.494 e. The molecule has 170 valence electrons. The van der Waals surface area contributed by atoms with Gasteiger partial charge in [0.1, 0.15) is 17.3 Å². The highest BCUT2D eigenvalue weighted by Gasteiger charge is 2.16. The van der Waals surface area contributed by atoms with Gasteiger partial charge in [0, 0.05) is 19.1 Å². The van der Waals surface area contributed by atoms with E-state index in [9.17, 15) is 9.18 Å². The summed E-state index contributed by atoms with van der Waals surface area (Å²) in [6, 6.07) is 18.1. The number of amides is 1. The number of benzene rings is 2. The number of ether oxygens (including phenoxy) is 1. The Labute approximate surface area is 189 Å². The van der Waals surface area contributed by atoms with Crippen LogP contribution >= 0.6 is 0 Å². The maximum atomic E-state index is 13.7. The summed E-state index contributed by atoms with van der Waals surface area (Å²) in [5.41, 5.74) is 1.98. The second kappa shape index (κ2) is 11.5. The van der Waals surface area contributed by atoms with E-state index < -0.39 is 0 Å². The first-order valence-electron chi connectivity index (χ1n) is 11.0. The fourth-order valence-electron chi connectivity index (χ4n) is 3.38. The zero-order valence-electron chi connectivity index (χ0n) is 18.9. The van der Waals surface area contributed by atoms with Gasteiger partial charge >= 0.3 is 0 Å². The van der Waals surface area contributed by atoms with Gasteiger partial charge in [-0.2, -0.15) is 0 Å². The van der Waals surface area contributed by atoms with Gasteiger partial charge in [0.05, 0.1) is 13.2 Å². The van der Waals surface area contributed by atoms with E-state index in [2.05, 4.69) is 10.2 Å². The molecule has 0 bridgehead atoms. The molecule has 1 amide bonds. The molecule has 0 aliphatic carbocycles. The molecule has 1 unspecified atom stereocenters. The summed E-state index contributed by atoms with van der Waals surface area (Å²) >= 11 is 0. The van der Waals surface area contributed by atoms with Gasteiger partial charge in [0.15, 0.2) is 5.76 Å². The molecule has 3 aromatic rings. The molecular weight excluding hydrogens is 407 g/mol. The van der Waals surface area contributed by atoms with Crippen LogP contribution in [0.2, 0.25) is 0 Å². The Balaban J connectivity index is 1.74. The SMILES string of the molecule is CCOc1ccc(CN(Cc2cccc(F)c2)Cc2ccc(C(=O)NC(C)CC)o2)cc1. The summed E-state index contributed by atoms with van der Waals surface area (Å²) in [5, 5.41) is 2.91. The van der Waals surface area contributed by atoms with Gasteiger partial charge in [-0.25, -0.2) is 4.39 Å². The van der Waals surface area contributed by atoms with Crippen molar-refractivity contribution in [2.75, 3.05) is 6.61 Å². The lowest BCUT2D eigenvalue weighted by Crippen LogP contribution is -2.31. The summed E-state index contributed by atoms with van der Waals surface area (Å²) in [7, 11) is 0. The second-order valence-corrected chi connectivity index (χ2v) is 7.90. The number of halogens is 1. The van der Waals surface area contributed by atoms with Crippen LogP contribution in [0.1, 0.15) is 54.6 Å². The zero-order chi connectivity index (χ0) is 22.9. The van der Waals surface area contributed by atoms with Crippen molar-refractivity contribution in [1.29, 1.82) is 0 Å². The molecule has 0 saturated heterocycles. The second-order valence-electron chi connectivity index (χ2n) is 7.90. The van der Waals surface area contributed by atoms with Gasteiger partial charge < -0.3 is 14.5 Å². The molecule has 0 aliphatic rings. The highest BCUT2D eigenvalue weighted by Crippen LogP contribution is 2.19. The maximum Gasteiger partial charge on any atom is 0.287 e. The van der Waals surface area contributed by atoms with Crippen molar-refractivity contribution in [3.05, 3.63) is 89.1 Å². The first-order chi connectivity index (χ1) is 15.5. The molecule has 0 aliphatic heterocycles. The summed E-state index contributed by atoms with van der Waals surface area (Å²) in [6.45, 7) is 8.22. The Bertz CT molecular complexity index is 1000. The first-order valence-corrected chi connectivity index (χ1v) is 11.0. The molecule has 1 N–H and O–H groups in total. The highest BCUT2D eigenvalue weighted by molar-refractivity contribution is 5.91. The zero-order valence-corrected chi connectivity index (χ0v) is 18.9. The van der Waals surface area contributed by atoms with E-state index in [4.69, 9.17) is 9.15 Å². The van der Waals surface area contributed by atoms with E-state index >= 15 is 0 Å². The fourth-order valence-corrected chi connectivity index (χ4v) is 3.38. The van der Waals surface area contributed by atoms with Crippen molar-refractivity contribution in [3.63, 3.8) is 0 Å². The Hall–Kier alpha value is -3.12. The van der Waals surface area contributed by atoms with Crippen LogP contribution in [0.5, 0.6) is 5.75 Å². The van der Waals surface area contributed by atoms with Crippen molar-refractivity contribution >= 4 is 5.91 Å². The monoisotopic (exact) mass is 438 g/mol. The number of hydrogen-bond donors (Lipinski definition) is 1. The Kier molecular flexibility index (Phi) is 8.45. The van der Waals surface area contributed by atoms with Crippen LogP contribution in [0.15, 0.2) is 65.1 Å². The molecule has 6 heteroatoms. The van der Waals surface area contributed by atoms with E-state index in [1.165, 1.54) is 6.07 Å². The molecule has 32 heavy (non-hydrogen) atoms. The van der Waals surface area contributed by atoms with Gasteiger partial charge in [-0.3, -0.25) is 9.69 Å². The molecule has 1 heterocycles. The van der Waals surface area contributed by atoms with Crippen LogP contribution < -0.4 is 10.1 Å². The predicted octanol–water partition coefficient (Wildman–Crippen LogP) is 5.55. The molecule has 0 fully saturated rings. The standard InChI is InChI=1S/C26H31FN2O3/c1-4-19(3)28-26(30)25-14-13-24(32-25)18-29(17-21-7-6-8-22(27)15-21)16-20-9-11-23(12-10-20)31-5-2/h6-15,19H,4-5,16-18H2,1-3H3,(H,28,30). The lowest BCUT2D eigenvalue weighted by atomic mass is 10.1. The quantitative estimate of drug-likeness (QED) is 0.427. The highest BCUT2D eigenvalue weighted by atomic mass is 19.1. The summed E-state index contributed by atoms with van der Waals surface area (Å²) in [5.74, 6) is 1.34. The molecule has 5 nitrogen and oxygen atoms in total. The Morgan fingerprint density at radius 2 is 1.78 bits per heavy atom. The van der Waals surface area contributed by atoms with Crippen LogP contribution in [0.25, 0.3) is 0 Å². The number of nitrogens with one attached hydrogen (secondary N) is 1. The number of carbonyl (C=O) groups is 1. The van der Waals surface area contributed by atoms with Crippen molar-refractivity contribution in [2.24, 2.45) is 0 Å². The van der Waals surface area contributed by atoms with Crippen LogP contribution in [-0.4, -0.2) is 23.5 Å². The average molecular weight is 439 g/mol. The third-order valence-electron chi connectivity index (χ3n) is 5.19. The van der Waals surface area contributed by atoms with Crippen molar-refractivity contribution < 1.29 is 18.3 Å². The third-order valence-corrected chi connectivity index (χ3v) is 5.19. The van der Waals surface area contributed by atoms with E-state index in [0.717, 1.165) is 23.3 Å². The van der Waals surface area contributed by atoms with Gasteiger partial charge in [-0.1, -0.05) is 31.2 Å². The summed E-state index contributed by atoms with van der Waals surface area (Å²) in [4.78, 5) is 14.5. The van der Waals surface area contributed by atoms with Crippen LogP contribution in [-0.2, 0) is 19.6 Å². The lowest BCUT2D eigenvalue weighted by Gasteiger charge is -2.22. The first kappa shape index (κ1) is 23.5. The molecule has 0 saturated carbocycles. The summed E-state index contributed by atoms with van der Waals surface area (Å²) < 4.78 is 25.1. The van der Waals surface area contributed by atoms with E-state index in [0.29, 0.717) is 37.8 Å². The van der Waals surface area contributed by atoms with Gasteiger partial charge in [0.2, 0.25) is 0 Å². The average Bonchev–Trinajstić information content (AvgIpc) is 3.24. The van der Waals surface area contributed by atoms with Crippen molar-refractivity contribution in [3.8, 4) is 5.75 Å². The molecule has 0 radical (unpaired) electrons. The van der Waals surface area contributed by atoms with Crippen LogP contribution in [0.4, 0.5) is 4.39 Å². The van der Waals surface area contributed by atoms with Gasteiger partial charge in [-0.05, 0) is 67.8 Å². The van der Waals surface area contributed by atoms with Crippen LogP contribution in [0, 0.1) is 5.82 Å². The predicted molar refractivity (Wildman–Crippen MR) is 123 cm³/mol. The normalized spacial score (nSPS) is 12.0. The molecule has 3 rings (SSSR count). The number of carbonyl (C=O) groups excluding carboxylic acids is 1. The lowest BCUT2D eigenvalue weighted by molar-refractivity contribution is 0.0906. The molecule has 1 aromatic heterocycles. The molecule has 1 atom stereocenters. The van der Waals surface area contributed by atoms with E-state index in [1.54, 1.807) is 18.2 Å². The van der Waals surface area contributed by atoms with Crippen molar-refractivity contribution in [2.45, 2.75) is 52.9 Å². The topological polar surface area (TPSA) is 54.7 Å². The number of rotatable bonds is 11. The minimum absolute atomic E-state index is 0.0835. The summed E-state index contributed by atoms with van der Waals surface area (Å²) in [6.07, 6.45) is 0.850. The Morgan fingerprint density at radius 1 is 1.03 bits per heavy atom. The number of nitrogens with zero attached hydrogens (tertiary/aromatic N) is 1.